The highest BCUT2D eigenvalue weighted by Gasteiger charge is 2.22. The summed E-state index contributed by atoms with van der Waals surface area (Å²) in [6.07, 6.45) is 2.07. The fourth-order valence-electron chi connectivity index (χ4n) is 3.07. The van der Waals surface area contributed by atoms with E-state index in [2.05, 4.69) is 20.2 Å². The van der Waals surface area contributed by atoms with E-state index >= 15 is 0 Å². The van der Waals surface area contributed by atoms with Crippen LogP contribution in [0.4, 0.5) is 20.4 Å². The number of hydrogen-bond acceptors (Lipinski definition) is 4. The van der Waals surface area contributed by atoms with E-state index in [1.807, 2.05) is 18.2 Å². The van der Waals surface area contributed by atoms with Gasteiger partial charge in [0, 0.05) is 19.2 Å². The van der Waals surface area contributed by atoms with E-state index in [1.54, 1.807) is 6.07 Å². The van der Waals surface area contributed by atoms with Crippen molar-refractivity contribution in [3.63, 3.8) is 0 Å². The number of anilines is 2. The van der Waals surface area contributed by atoms with Gasteiger partial charge in [0.15, 0.2) is 11.6 Å². The average molecular weight is 354 g/mol. The van der Waals surface area contributed by atoms with Gasteiger partial charge in [-0.3, -0.25) is 4.79 Å². The largest absolute Gasteiger partial charge is 0.354 e. The van der Waals surface area contributed by atoms with Gasteiger partial charge in [-0.2, -0.15) is 0 Å². The molecule has 5 nitrogen and oxygen atoms in total. The average Bonchev–Trinajstić information content (AvgIpc) is 3.15. The molecular weight excluding hydrogens is 338 g/mol. The van der Waals surface area contributed by atoms with Crippen LogP contribution < -0.4 is 10.2 Å². The highest BCUT2D eigenvalue weighted by atomic mass is 19.1. The van der Waals surface area contributed by atoms with Crippen molar-refractivity contribution in [3.05, 3.63) is 59.7 Å². The van der Waals surface area contributed by atoms with E-state index in [4.69, 9.17) is 0 Å². The maximum atomic E-state index is 13.9. The van der Waals surface area contributed by atoms with Crippen molar-refractivity contribution in [1.29, 1.82) is 0 Å². The number of carbonyl (C=O) groups is 1. The van der Waals surface area contributed by atoms with Crippen LogP contribution in [-0.4, -0.2) is 29.0 Å². The molecule has 2 aromatic carbocycles. The summed E-state index contributed by atoms with van der Waals surface area (Å²) in [4.78, 5) is 23.7. The van der Waals surface area contributed by atoms with Crippen molar-refractivity contribution in [2.24, 2.45) is 0 Å². The zero-order chi connectivity index (χ0) is 18.1. The fourth-order valence-corrected chi connectivity index (χ4v) is 3.07. The molecule has 0 saturated carbocycles. The third-order valence-electron chi connectivity index (χ3n) is 4.37. The summed E-state index contributed by atoms with van der Waals surface area (Å²) in [5.74, 6) is -1.50. The molecule has 1 fully saturated rings. The number of benzene rings is 2. The standard InChI is InChI=1S/C19H16F2N4O/c20-12-7-8-13(14(21)11-12)19(26)24-17-18(25-9-3-4-10-25)23-16-6-2-1-5-15(16)22-17/h1-2,5-8,11H,3-4,9-10H2,(H,22,24,26). The summed E-state index contributed by atoms with van der Waals surface area (Å²) in [7, 11) is 0. The van der Waals surface area contributed by atoms with Crippen LogP contribution in [0.15, 0.2) is 42.5 Å². The fraction of sp³-hybridized carbons (Fsp3) is 0.211. The molecule has 0 spiro atoms. The van der Waals surface area contributed by atoms with Crippen LogP contribution in [0.25, 0.3) is 11.0 Å². The number of nitrogens with zero attached hydrogens (tertiary/aromatic N) is 3. The van der Waals surface area contributed by atoms with E-state index in [0.29, 0.717) is 17.4 Å². The Kier molecular flexibility index (Phi) is 4.20. The monoisotopic (exact) mass is 354 g/mol. The number of hydrogen-bond donors (Lipinski definition) is 1. The molecule has 4 rings (SSSR count). The van der Waals surface area contributed by atoms with Crippen LogP contribution in [0, 0.1) is 11.6 Å². The molecule has 0 bridgehead atoms. The van der Waals surface area contributed by atoms with Gasteiger partial charge in [-0.1, -0.05) is 12.1 Å². The van der Waals surface area contributed by atoms with Crippen LogP contribution >= 0.6 is 0 Å². The molecule has 1 N–H and O–H groups in total. The molecule has 132 valence electrons. The van der Waals surface area contributed by atoms with Crippen LogP contribution in [0.2, 0.25) is 0 Å². The molecule has 3 aromatic rings. The van der Waals surface area contributed by atoms with Crippen molar-refractivity contribution < 1.29 is 13.6 Å². The Bertz CT molecular complexity index is 986. The van der Waals surface area contributed by atoms with E-state index in [1.165, 1.54) is 0 Å². The Labute approximate surface area is 148 Å². The van der Waals surface area contributed by atoms with Gasteiger partial charge in [-0.05, 0) is 37.1 Å². The highest BCUT2D eigenvalue weighted by Crippen LogP contribution is 2.28. The molecule has 7 heteroatoms. The predicted octanol–water partition coefficient (Wildman–Crippen LogP) is 3.76. The van der Waals surface area contributed by atoms with Crippen molar-refractivity contribution in [2.45, 2.75) is 12.8 Å². The second-order valence-corrected chi connectivity index (χ2v) is 6.16. The van der Waals surface area contributed by atoms with Crippen molar-refractivity contribution in [3.8, 4) is 0 Å². The molecule has 1 aliphatic heterocycles. The molecule has 1 amide bonds. The SMILES string of the molecule is O=C(Nc1nc2ccccc2nc1N1CCCC1)c1ccc(F)cc1F. The number of fused-ring (bicyclic) bond motifs is 1. The Balaban J connectivity index is 1.74. The van der Waals surface area contributed by atoms with Gasteiger partial charge in [0.25, 0.3) is 5.91 Å². The lowest BCUT2D eigenvalue weighted by atomic mass is 10.2. The minimum atomic E-state index is -0.918. The lowest BCUT2D eigenvalue weighted by Gasteiger charge is -2.20. The van der Waals surface area contributed by atoms with Crippen molar-refractivity contribution >= 4 is 28.6 Å². The first-order valence-corrected chi connectivity index (χ1v) is 8.40. The Hall–Kier alpha value is -3.09. The van der Waals surface area contributed by atoms with Crippen molar-refractivity contribution in [1.82, 2.24) is 9.97 Å². The van der Waals surface area contributed by atoms with Gasteiger partial charge < -0.3 is 10.2 Å². The number of halogens is 2. The number of para-hydroxylation sites is 2. The number of rotatable bonds is 3. The summed E-state index contributed by atoms with van der Waals surface area (Å²) >= 11 is 0. The molecule has 0 radical (unpaired) electrons. The summed E-state index contributed by atoms with van der Waals surface area (Å²) in [6.45, 7) is 1.64. The predicted molar refractivity (Wildman–Crippen MR) is 95.3 cm³/mol. The quantitative estimate of drug-likeness (QED) is 0.778. The Morgan fingerprint density at radius 2 is 1.69 bits per heavy atom. The summed E-state index contributed by atoms with van der Waals surface area (Å²) in [5.41, 5.74) is 1.11. The first-order valence-electron chi connectivity index (χ1n) is 8.40. The number of nitrogens with one attached hydrogen (secondary N) is 1. The normalized spacial score (nSPS) is 14.0. The lowest BCUT2D eigenvalue weighted by Crippen LogP contribution is -2.23. The van der Waals surface area contributed by atoms with Gasteiger partial charge in [0.1, 0.15) is 11.6 Å². The van der Waals surface area contributed by atoms with Crippen LogP contribution in [0.3, 0.4) is 0 Å². The van der Waals surface area contributed by atoms with E-state index in [-0.39, 0.29) is 11.4 Å². The Morgan fingerprint density at radius 1 is 1.00 bits per heavy atom. The second kappa shape index (κ2) is 6.67. The molecule has 0 atom stereocenters. The first kappa shape index (κ1) is 16.4. The van der Waals surface area contributed by atoms with Gasteiger partial charge in [0.2, 0.25) is 0 Å². The summed E-state index contributed by atoms with van der Waals surface area (Å²) in [6, 6.07) is 10.2. The van der Waals surface area contributed by atoms with Crippen LogP contribution in [0.5, 0.6) is 0 Å². The molecule has 1 saturated heterocycles. The maximum Gasteiger partial charge on any atom is 0.259 e. The number of aromatic nitrogens is 2. The zero-order valence-corrected chi connectivity index (χ0v) is 13.9. The maximum absolute atomic E-state index is 13.9. The molecule has 1 aliphatic rings. The lowest BCUT2D eigenvalue weighted by molar-refractivity contribution is 0.102. The van der Waals surface area contributed by atoms with Crippen molar-refractivity contribution in [2.75, 3.05) is 23.3 Å². The highest BCUT2D eigenvalue weighted by molar-refractivity contribution is 6.05. The van der Waals surface area contributed by atoms with Gasteiger partial charge >= 0.3 is 0 Å². The molecule has 2 heterocycles. The minimum Gasteiger partial charge on any atom is -0.354 e. The van der Waals surface area contributed by atoms with E-state index < -0.39 is 17.5 Å². The molecule has 1 aromatic heterocycles. The van der Waals surface area contributed by atoms with Gasteiger partial charge in [-0.15, -0.1) is 0 Å². The minimum absolute atomic E-state index is 0.242. The molecule has 0 aliphatic carbocycles. The van der Waals surface area contributed by atoms with Gasteiger partial charge in [-0.25, -0.2) is 18.7 Å². The Morgan fingerprint density at radius 3 is 2.38 bits per heavy atom. The third kappa shape index (κ3) is 3.08. The zero-order valence-electron chi connectivity index (χ0n) is 13.9. The summed E-state index contributed by atoms with van der Waals surface area (Å²) < 4.78 is 27.0. The number of carbonyl (C=O) groups excluding carboxylic acids is 1. The van der Waals surface area contributed by atoms with Gasteiger partial charge in [0.05, 0.1) is 16.6 Å². The smallest absolute Gasteiger partial charge is 0.259 e. The molecule has 0 unspecified atom stereocenters. The van der Waals surface area contributed by atoms with E-state index in [9.17, 15) is 13.6 Å². The summed E-state index contributed by atoms with van der Waals surface area (Å²) in [5, 5.41) is 2.64. The van der Waals surface area contributed by atoms with Crippen LogP contribution in [-0.2, 0) is 0 Å². The third-order valence-corrected chi connectivity index (χ3v) is 4.37. The first-order chi connectivity index (χ1) is 12.6. The number of amides is 1. The second-order valence-electron chi connectivity index (χ2n) is 6.16. The molecular formula is C19H16F2N4O. The molecule has 26 heavy (non-hydrogen) atoms. The van der Waals surface area contributed by atoms with E-state index in [0.717, 1.165) is 43.6 Å². The van der Waals surface area contributed by atoms with Crippen LogP contribution in [0.1, 0.15) is 23.2 Å². The topological polar surface area (TPSA) is 58.1 Å².